The lowest BCUT2D eigenvalue weighted by Gasteiger charge is -2.03. The Hall–Kier alpha value is -1.37. The molecule has 1 heterocycles. The number of nitrogens with zero attached hydrogens (tertiary/aromatic N) is 2. The molecular weight excluding hydrogens is 237 g/mol. The van der Waals surface area contributed by atoms with Gasteiger partial charge in [0.15, 0.2) is 5.69 Å². The van der Waals surface area contributed by atoms with Crippen molar-refractivity contribution in [3.8, 4) is 0 Å². The molecule has 8 heteroatoms. The minimum absolute atomic E-state index is 0.284. The normalized spacial score (nSPS) is 10.7. The molecule has 4 nitrogen and oxygen atoms in total. The van der Waals surface area contributed by atoms with Crippen LogP contribution in [0, 0.1) is 16.1 Å². The van der Waals surface area contributed by atoms with E-state index in [4.69, 9.17) is 11.6 Å². The molecule has 0 saturated carbocycles. The summed E-state index contributed by atoms with van der Waals surface area (Å²) in [5.41, 5.74) is -2.40. The van der Waals surface area contributed by atoms with E-state index in [2.05, 4.69) is 4.98 Å². The topological polar surface area (TPSA) is 56.0 Å². The van der Waals surface area contributed by atoms with Gasteiger partial charge in [-0.25, -0.2) is 13.8 Å². The number of hydrogen-bond acceptors (Lipinski definition) is 3. The molecule has 0 N–H and O–H groups in total. The molecule has 0 saturated heterocycles. The van der Waals surface area contributed by atoms with Gasteiger partial charge in [0.05, 0.1) is 10.8 Å². The van der Waals surface area contributed by atoms with Crippen LogP contribution < -0.4 is 0 Å². The van der Waals surface area contributed by atoms with Crippen molar-refractivity contribution in [3.63, 3.8) is 0 Å². The quantitative estimate of drug-likeness (QED) is 0.353. The molecule has 1 aromatic heterocycles. The highest BCUT2D eigenvalue weighted by Crippen LogP contribution is 2.28. The molecular formula is C7H4ClF3N2O2. The second-order valence-corrected chi connectivity index (χ2v) is 2.80. The van der Waals surface area contributed by atoms with Gasteiger partial charge in [0.2, 0.25) is 5.95 Å². The Morgan fingerprint density at radius 2 is 2.20 bits per heavy atom. The Kier molecular flexibility index (Phi) is 3.46. The predicted octanol–water partition coefficient (Wildman–Crippen LogP) is 2.81. The number of halogens is 4. The summed E-state index contributed by atoms with van der Waals surface area (Å²) in [5.74, 6) is -1.59. The maximum atomic E-state index is 12.9. The first kappa shape index (κ1) is 11.7. The highest BCUT2D eigenvalue weighted by molar-refractivity contribution is 6.17. The van der Waals surface area contributed by atoms with Gasteiger partial charge in [0.25, 0.3) is 12.1 Å². The van der Waals surface area contributed by atoms with Crippen LogP contribution in [0.25, 0.3) is 0 Å². The summed E-state index contributed by atoms with van der Waals surface area (Å²) >= 11 is 5.25. The maximum Gasteiger partial charge on any atom is 0.297 e. The fourth-order valence-corrected chi connectivity index (χ4v) is 1.12. The Morgan fingerprint density at radius 1 is 1.60 bits per heavy atom. The lowest BCUT2D eigenvalue weighted by molar-refractivity contribution is -0.386. The molecule has 0 aliphatic carbocycles. The first-order chi connectivity index (χ1) is 6.97. The zero-order valence-corrected chi connectivity index (χ0v) is 7.84. The van der Waals surface area contributed by atoms with E-state index >= 15 is 0 Å². The predicted molar refractivity (Wildman–Crippen MR) is 45.4 cm³/mol. The third-order valence-corrected chi connectivity index (χ3v) is 1.89. The van der Waals surface area contributed by atoms with Crippen molar-refractivity contribution in [3.05, 3.63) is 33.4 Å². The Morgan fingerprint density at radius 3 is 2.60 bits per heavy atom. The molecule has 0 spiro atoms. The number of aromatic nitrogens is 1. The molecule has 0 bridgehead atoms. The fraction of sp³-hybridized carbons (Fsp3) is 0.286. The summed E-state index contributed by atoms with van der Waals surface area (Å²) in [6, 6.07) is 0.664. The summed E-state index contributed by atoms with van der Waals surface area (Å²) < 4.78 is 37.4. The average Bonchev–Trinajstić information content (AvgIpc) is 2.16. The molecule has 0 amide bonds. The summed E-state index contributed by atoms with van der Waals surface area (Å²) in [6.07, 6.45) is -3.20. The van der Waals surface area contributed by atoms with Gasteiger partial charge >= 0.3 is 0 Å². The van der Waals surface area contributed by atoms with Crippen LogP contribution in [0.5, 0.6) is 0 Å². The number of rotatable bonds is 3. The van der Waals surface area contributed by atoms with E-state index in [1.54, 1.807) is 0 Å². The Labute approximate surface area is 86.8 Å². The molecule has 0 aliphatic rings. The average molecular weight is 241 g/mol. The van der Waals surface area contributed by atoms with Gasteiger partial charge in [0.1, 0.15) is 0 Å². The lowest BCUT2D eigenvalue weighted by Crippen LogP contribution is -2.04. The van der Waals surface area contributed by atoms with Crippen LogP contribution in [0.2, 0.25) is 0 Å². The van der Waals surface area contributed by atoms with Crippen LogP contribution in [0.1, 0.15) is 17.7 Å². The van der Waals surface area contributed by atoms with Crippen LogP contribution in [0.15, 0.2) is 6.07 Å². The van der Waals surface area contributed by atoms with E-state index in [0.717, 1.165) is 0 Å². The van der Waals surface area contributed by atoms with Crippen molar-refractivity contribution in [2.24, 2.45) is 0 Å². The van der Waals surface area contributed by atoms with E-state index in [0.29, 0.717) is 6.07 Å². The molecule has 1 aromatic rings. The van der Waals surface area contributed by atoms with E-state index < -0.39 is 28.7 Å². The second-order valence-electron chi connectivity index (χ2n) is 2.53. The lowest BCUT2D eigenvalue weighted by atomic mass is 10.2. The maximum absolute atomic E-state index is 12.9. The highest BCUT2D eigenvalue weighted by atomic mass is 35.5. The largest absolute Gasteiger partial charge is 0.297 e. The van der Waals surface area contributed by atoms with Crippen molar-refractivity contribution in [1.82, 2.24) is 4.98 Å². The van der Waals surface area contributed by atoms with Crippen molar-refractivity contribution in [2.75, 3.05) is 0 Å². The van der Waals surface area contributed by atoms with Crippen LogP contribution >= 0.6 is 11.6 Å². The van der Waals surface area contributed by atoms with Gasteiger partial charge in [0, 0.05) is 11.6 Å². The van der Waals surface area contributed by atoms with Gasteiger partial charge in [-0.1, -0.05) is 0 Å². The second kappa shape index (κ2) is 4.43. The van der Waals surface area contributed by atoms with Gasteiger partial charge in [-0.15, -0.1) is 11.6 Å². The summed E-state index contributed by atoms with van der Waals surface area (Å²) in [6.45, 7) is 0. The summed E-state index contributed by atoms with van der Waals surface area (Å²) in [7, 11) is 0. The number of nitro groups is 1. The van der Waals surface area contributed by atoms with E-state index in [1.165, 1.54) is 0 Å². The molecule has 0 fully saturated rings. The number of pyridine rings is 1. The Bertz CT molecular complexity index is 400. The zero-order chi connectivity index (χ0) is 11.6. The van der Waals surface area contributed by atoms with Crippen LogP contribution in [0.4, 0.5) is 18.9 Å². The molecule has 1 rings (SSSR count). The van der Waals surface area contributed by atoms with E-state index in [1.807, 2.05) is 0 Å². The molecule has 0 atom stereocenters. The molecule has 0 unspecified atom stereocenters. The zero-order valence-electron chi connectivity index (χ0n) is 7.08. The first-order valence-electron chi connectivity index (χ1n) is 3.65. The molecule has 0 aliphatic heterocycles. The van der Waals surface area contributed by atoms with Crippen LogP contribution in [0.3, 0.4) is 0 Å². The third-order valence-electron chi connectivity index (χ3n) is 1.60. The van der Waals surface area contributed by atoms with Gasteiger partial charge in [-0.3, -0.25) is 10.1 Å². The van der Waals surface area contributed by atoms with Gasteiger partial charge < -0.3 is 0 Å². The number of alkyl halides is 3. The fourth-order valence-electron chi connectivity index (χ4n) is 0.934. The van der Waals surface area contributed by atoms with Crippen LogP contribution in [-0.2, 0) is 5.88 Å². The first-order valence-corrected chi connectivity index (χ1v) is 4.18. The number of hydrogen-bond donors (Lipinski definition) is 0. The standard InChI is InChI=1S/C7H4ClF3N2O2/c8-2-3-1-4(13(14)15)5(6(9)10)12-7(3)11/h1,6H,2H2. The van der Waals surface area contributed by atoms with Crippen molar-refractivity contribution in [1.29, 1.82) is 0 Å². The van der Waals surface area contributed by atoms with E-state index in [9.17, 15) is 23.3 Å². The molecule has 0 radical (unpaired) electrons. The molecule has 0 aromatic carbocycles. The third kappa shape index (κ3) is 2.35. The molecule has 82 valence electrons. The smallest absolute Gasteiger partial charge is 0.258 e. The highest BCUT2D eigenvalue weighted by Gasteiger charge is 2.26. The Balaban J connectivity index is 3.39. The monoisotopic (exact) mass is 240 g/mol. The van der Waals surface area contributed by atoms with E-state index in [-0.39, 0.29) is 11.4 Å². The SMILES string of the molecule is O=[N+]([O-])c1cc(CCl)c(F)nc1C(F)F. The van der Waals surface area contributed by atoms with Crippen molar-refractivity contribution < 1.29 is 18.1 Å². The summed E-state index contributed by atoms with van der Waals surface area (Å²) in [5, 5.41) is 10.4. The summed E-state index contributed by atoms with van der Waals surface area (Å²) in [4.78, 5) is 12.1. The minimum Gasteiger partial charge on any atom is -0.258 e. The van der Waals surface area contributed by atoms with Crippen molar-refractivity contribution in [2.45, 2.75) is 12.3 Å². The van der Waals surface area contributed by atoms with Gasteiger partial charge in [-0.05, 0) is 0 Å². The van der Waals surface area contributed by atoms with Crippen LogP contribution in [-0.4, -0.2) is 9.91 Å². The minimum atomic E-state index is -3.20. The van der Waals surface area contributed by atoms with Crippen molar-refractivity contribution >= 4 is 17.3 Å². The molecule has 15 heavy (non-hydrogen) atoms. The van der Waals surface area contributed by atoms with Gasteiger partial charge in [-0.2, -0.15) is 4.39 Å².